The fourth-order valence-corrected chi connectivity index (χ4v) is 1.56. The largest absolute Gasteiger partial charge is 0.465 e. The van der Waals surface area contributed by atoms with Gasteiger partial charge in [-0.25, -0.2) is 4.79 Å². The van der Waals surface area contributed by atoms with Crippen molar-refractivity contribution in [3.05, 3.63) is 36.0 Å². The molecule has 0 unspecified atom stereocenters. The zero-order chi connectivity index (χ0) is 12.6. The molecule has 1 heterocycles. The molecule has 16 heavy (non-hydrogen) atoms. The Labute approximate surface area is 96.8 Å². The molecule has 0 aromatic carbocycles. The number of amides is 1. The van der Waals surface area contributed by atoms with Crippen LogP contribution in [-0.4, -0.2) is 29.2 Å². The summed E-state index contributed by atoms with van der Waals surface area (Å²) in [7, 11) is 0. The molecule has 1 aliphatic heterocycles. The maximum Gasteiger partial charge on any atom is 0.407 e. The highest BCUT2D eigenvalue weighted by Crippen LogP contribution is 2.19. The first-order valence-electron chi connectivity index (χ1n) is 4.97. The van der Waals surface area contributed by atoms with Crippen molar-refractivity contribution in [1.82, 2.24) is 4.90 Å². The molecular weight excluding hydrogens is 202 g/mol. The summed E-state index contributed by atoms with van der Waals surface area (Å²) >= 11 is 0. The Bertz CT molecular complexity index is 337. The molecule has 1 aliphatic rings. The maximum atomic E-state index is 10.8. The van der Waals surface area contributed by atoms with Crippen molar-refractivity contribution in [2.45, 2.75) is 13.3 Å². The smallest absolute Gasteiger partial charge is 0.407 e. The van der Waals surface area contributed by atoms with Crippen LogP contribution in [-0.2, 0) is 0 Å². The number of carboxylic acid groups (broad SMARTS) is 1. The van der Waals surface area contributed by atoms with Crippen molar-refractivity contribution >= 4 is 6.09 Å². The van der Waals surface area contributed by atoms with Gasteiger partial charge in [-0.1, -0.05) is 24.8 Å². The van der Waals surface area contributed by atoms with E-state index in [-0.39, 0.29) is 0 Å². The Hall–Kier alpha value is -1.95. The predicted octanol–water partition coefficient (Wildman–Crippen LogP) is 2.68. The van der Waals surface area contributed by atoms with Gasteiger partial charge in [0.05, 0.1) is 0 Å². The van der Waals surface area contributed by atoms with Crippen LogP contribution in [0.1, 0.15) is 13.3 Å². The summed E-state index contributed by atoms with van der Waals surface area (Å²) in [6.45, 7) is 6.69. The second-order valence-corrected chi connectivity index (χ2v) is 3.21. The van der Waals surface area contributed by atoms with Gasteiger partial charge < -0.3 is 10.0 Å². The SMILES string of the molecule is C#C.C=CC1=C(/C=C\C)CN(C(=O)O)CC1. The average Bonchev–Trinajstić information content (AvgIpc) is 2.32. The van der Waals surface area contributed by atoms with Crippen LogP contribution in [0.25, 0.3) is 0 Å². The molecule has 0 saturated heterocycles. The Kier molecular flexibility index (Phi) is 6.46. The van der Waals surface area contributed by atoms with Crippen molar-refractivity contribution in [2.24, 2.45) is 0 Å². The molecule has 1 rings (SSSR count). The van der Waals surface area contributed by atoms with Gasteiger partial charge >= 0.3 is 6.09 Å². The van der Waals surface area contributed by atoms with E-state index in [1.165, 1.54) is 4.90 Å². The number of nitrogens with zero attached hydrogens (tertiary/aromatic N) is 1. The molecule has 3 heteroatoms. The van der Waals surface area contributed by atoms with E-state index < -0.39 is 6.09 Å². The highest BCUT2D eigenvalue weighted by Gasteiger charge is 2.19. The van der Waals surface area contributed by atoms with E-state index in [9.17, 15) is 4.79 Å². The van der Waals surface area contributed by atoms with E-state index in [2.05, 4.69) is 19.4 Å². The van der Waals surface area contributed by atoms with E-state index in [0.717, 1.165) is 17.6 Å². The first kappa shape index (κ1) is 14.1. The van der Waals surface area contributed by atoms with Gasteiger partial charge in [0.15, 0.2) is 0 Å². The lowest BCUT2D eigenvalue weighted by Gasteiger charge is -2.26. The highest BCUT2D eigenvalue weighted by atomic mass is 16.4. The Morgan fingerprint density at radius 3 is 2.56 bits per heavy atom. The molecule has 0 aromatic heterocycles. The normalized spacial score (nSPS) is 15.6. The number of carbonyl (C=O) groups is 1. The molecule has 0 bridgehead atoms. The topological polar surface area (TPSA) is 40.5 Å². The van der Waals surface area contributed by atoms with Crippen LogP contribution >= 0.6 is 0 Å². The van der Waals surface area contributed by atoms with Crippen molar-refractivity contribution in [3.63, 3.8) is 0 Å². The van der Waals surface area contributed by atoms with Gasteiger partial charge in [-0.2, -0.15) is 0 Å². The van der Waals surface area contributed by atoms with Crippen molar-refractivity contribution in [3.8, 4) is 12.8 Å². The van der Waals surface area contributed by atoms with Gasteiger partial charge in [0, 0.05) is 13.1 Å². The van der Waals surface area contributed by atoms with Crippen LogP contribution in [0.2, 0.25) is 0 Å². The number of hydrogen-bond acceptors (Lipinski definition) is 1. The van der Waals surface area contributed by atoms with Gasteiger partial charge in [-0.05, 0) is 24.5 Å². The first-order chi connectivity index (χ1) is 7.69. The van der Waals surface area contributed by atoms with Crippen LogP contribution in [0.3, 0.4) is 0 Å². The highest BCUT2D eigenvalue weighted by molar-refractivity contribution is 5.66. The molecule has 1 amide bonds. The average molecular weight is 219 g/mol. The zero-order valence-electron chi connectivity index (χ0n) is 9.52. The predicted molar refractivity (Wildman–Crippen MR) is 66.1 cm³/mol. The molecule has 3 nitrogen and oxygen atoms in total. The van der Waals surface area contributed by atoms with Gasteiger partial charge in [-0.3, -0.25) is 0 Å². The molecule has 0 aliphatic carbocycles. The lowest BCUT2D eigenvalue weighted by Crippen LogP contribution is -2.35. The lowest BCUT2D eigenvalue weighted by molar-refractivity contribution is 0.148. The fourth-order valence-electron chi connectivity index (χ4n) is 1.56. The lowest BCUT2D eigenvalue weighted by atomic mass is 10.00. The second kappa shape index (κ2) is 7.36. The third-order valence-corrected chi connectivity index (χ3v) is 2.31. The summed E-state index contributed by atoms with van der Waals surface area (Å²) < 4.78 is 0. The Balaban J connectivity index is 0.00000106. The van der Waals surface area contributed by atoms with E-state index in [4.69, 9.17) is 5.11 Å². The van der Waals surface area contributed by atoms with Gasteiger partial charge in [0.2, 0.25) is 0 Å². The number of allylic oxidation sites excluding steroid dienone is 2. The van der Waals surface area contributed by atoms with E-state index >= 15 is 0 Å². The molecule has 0 aromatic rings. The van der Waals surface area contributed by atoms with E-state index in [1.807, 2.05) is 25.2 Å². The molecule has 0 radical (unpaired) electrons. The molecule has 0 atom stereocenters. The summed E-state index contributed by atoms with van der Waals surface area (Å²) in [5.74, 6) is 0. The quantitative estimate of drug-likeness (QED) is 0.725. The minimum atomic E-state index is -0.852. The molecular formula is C13H17NO2. The van der Waals surface area contributed by atoms with Crippen LogP contribution in [0.5, 0.6) is 0 Å². The summed E-state index contributed by atoms with van der Waals surface area (Å²) in [5, 5.41) is 8.84. The van der Waals surface area contributed by atoms with E-state index in [1.54, 1.807) is 0 Å². The summed E-state index contributed by atoms with van der Waals surface area (Å²) in [4.78, 5) is 12.2. The molecule has 0 spiro atoms. The van der Waals surface area contributed by atoms with Crippen LogP contribution in [0, 0.1) is 12.8 Å². The third kappa shape index (κ3) is 3.66. The number of terminal acetylenes is 1. The minimum Gasteiger partial charge on any atom is -0.465 e. The summed E-state index contributed by atoms with van der Waals surface area (Å²) in [5.41, 5.74) is 2.21. The molecule has 86 valence electrons. The van der Waals surface area contributed by atoms with E-state index in [0.29, 0.717) is 13.1 Å². The van der Waals surface area contributed by atoms with Gasteiger partial charge in [0.1, 0.15) is 0 Å². The second-order valence-electron chi connectivity index (χ2n) is 3.21. The third-order valence-electron chi connectivity index (χ3n) is 2.31. The zero-order valence-corrected chi connectivity index (χ0v) is 9.52. The summed E-state index contributed by atoms with van der Waals surface area (Å²) in [6.07, 6.45) is 13.6. The molecule has 1 N–H and O–H groups in total. The van der Waals surface area contributed by atoms with Gasteiger partial charge in [-0.15, -0.1) is 12.8 Å². The monoisotopic (exact) mass is 219 g/mol. The first-order valence-corrected chi connectivity index (χ1v) is 4.97. The fraction of sp³-hybridized carbons (Fsp3) is 0.308. The minimum absolute atomic E-state index is 0.473. The molecule has 0 fully saturated rings. The molecule has 0 saturated carbocycles. The summed E-state index contributed by atoms with van der Waals surface area (Å²) in [6, 6.07) is 0. The van der Waals surface area contributed by atoms with Crippen LogP contribution in [0.4, 0.5) is 4.79 Å². The van der Waals surface area contributed by atoms with Crippen molar-refractivity contribution in [2.75, 3.05) is 13.1 Å². The number of rotatable bonds is 2. The van der Waals surface area contributed by atoms with Crippen LogP contribution < -0.4 is 0 Å². The Morgan fingerprint density at radius 1 is 1.50 bits per heavy atom. The number of hydrogen-bond donors (Lipinski definition) is 1. The van der Waals surface area contributed by atoms with Crippen molar-refractivity contribution < 1.29 is 9.90 Å². The van der Waals surface area contributed by atoms with Crippen LogP contribution in [0.15, 0.2) is 36.0 Å². The standard InChI is InChI=1S/C11H15NO2.C2H2/c1-3-5-10-8-12(11(13)14)7-6-9(10)4-2;1-2/h3-5H,2,6-8H2,1H3,(H,13,14);1-2H/b5-3-;. The van der Waals surface area contributed by atoms with Gasteiger partial charge in [0.25, 0.3) is 0 Å². The van der Waals surface area contributed by atoms with Crippen molar-refractivity contribution in [1.29, 1.82) is 0 Å². The maximum absolute atomic E-state index is 10.8. The Morgan fingerprint density at radius 2 is 2.12 bits per heavy atom.